The number of carbonyl (C=O) groups is 1. The molecule has 0 bridgehead atoms. The summed E-state index contributed by atoms with van der Waals surface area (Å²) >= 11 is 1.76. The standard InChI is InChI=1S/C16H26N2O2S/c1-4-20-16(19)17(3)15-5-8-18(9-6-15)13(2)11-14-7-10-21-12-14/h7,10,12-13,15H,4-6,8-9,11H2,1-3H3/t13-/m0/s1. The van der Waals surface area contributed by atoms with Gasteiger partial charge in [-0.25, -0.2) is 4.79 Å². The molecule has 1 aliphatic heterocycles. The maximum atomic E-state index is 11.8. The third kappa shape index (κ3) is 4.45. The predicted octanol–water partition coefficient (Wildman–Crippen LogP) is 3.23. The van der Waals surface area contributed by atoms with Crippen molar-refractivity contribution in [1.29, 1.82) is 0 Å². The summed E-state index contributed by atoms with van der Waals surface area (Å²) < 4.78 is 5.08. The molecule has 2 rings (SSSR count). The molecule has 0 N–H and O–H groups in total. The average molecular weight is 310 g/mol. The van der Waals surface area contributed by atoms with Crippen molar-refractivity contribution >= 4 is 17.4 Å². The molecule has 0 unspecified atom stereocenters. The van der Waals surface area contributed by atoms with E-state index in [1.807, 2.05) is 14.0 Å². The van der Waals surface area contributed by atoms with Crippen LogP contribution in [0, 0.1) is 0 Å². The quantitative estimate of drug-likeness (QED) is 0.837. The smallest absolute Gasteiger partial charge is 0.409 e. The fraction of sp³-hybridized carbons (Fsp3) is 0.688. The lowest BCUT2D eigenvalue weighted by atomic mass is 10.0. The van der Waals surface area contributed by atoms with E-state index in [-0.39, 0.29) is 6.09 Å². The Labute approximate surface area is 131 Å². The Morgan fingerprint density at radius 3 is 2.81 bits per heavy atom. The number of hydrogen-bond donors (Lipinski definition) is 0. The van der Waals surface area contributed by atoms with Gasteiger partial charge in [0.25, 0.3) is 0 Å². The number of hydrogen-bond acceptors (Lipinski definition) is 4. The molecule has 2 heterocycles. The van der Waals surface area contributed by atoms with Gasteiger partial charge in [-0.15, -0.1) is 0 Å². The third-order valence-electron chi connectivity index (χ3n) is 4.34. The van der Waals surface area contributed by atoms with Crippen LogP contribution >= 0.6 is 11.3 Å². The monoisotopic (exact) mass is 310 g/mol. The lowest BCUT2D eigenvalue weighted by Gasteiger charge is -2.39. The summed E-state index contributed by atoms with van der Waals surface area (Å²) in [5.41, 5.74) is 1.43. The van der Waals surface area contributed by atoms with Crippen LogP contribution in [-0.4, -0.2) is 54.7 Å². The largest absolute Gasteiger partial charge is 0.450 e. The first-order chi connectivity index (χ1) is 10.1. The normalized spacial score (nSPS) is 18.4. The fourth-order valence-electron chi connectivity index (χ4n) is 2.97. The highest BCUT2D eigenvalue weighted by Gasteiger charge is 2.27. The Hall–Kier alpha value is -1.07. The first kappa shape index (κ1) is 16.3. The molecular weight excluding hydrogens is 284 g/mol. The Kier molecular flexibility index (Phi) is 6.06. The van der Waals surface area contributed by atoms with Crippen molar-refractivity contribution in [2.75, 3.05) is 26.7 Å². The van der Waals surface area contributed by atoms with Crippen molar-refractivity contribution in [3.05, 3.63) is 22.4 Å². The maximum Gasteiger partial charge on any atom is 0.409 e. The van der Waals surface area contributed by atoms with Gasteiger partial charge in [-0.05, 0) is 55.5 Å². The van der Waals surface area contributed by atoms with Crippen LogP contribution in [0.5, 0.6) is 0 Å². The Bertz CT molecular complexity index is 427. The zero-order valence-electron chi connectivity index (χ0n) is 13.2. The topological polar surface area (TPSA) is 32.8 Å². The molecule has 1 atom stereocenters. The number of nitrogens with zero attached hydrogens (tertiary/aromatic N) is 2. The molecule has 1 aliphatic rings. The van der Waals surface area contributed by atoms with Crippen molar-refractivity contribution in [2.45, 2.75) is 45.2 Å². The van der Waals surface area contributed by atoms with Crippen LogP contribution in [0.1, 0.15) is 32.3 Å². The van der Waals surface area contributed by atoms with Crippen molar-refractivity contribution in [3.63, 3.8) is 0 Å². The molecule has 4 nitrogen and oxygen atoms in total. The molecule has 21 heavy (non-hydrogen) atoms. The maximum absolute atomic E-state index is 11.8. The lowest BCUT2D eigenvalue weighted by molar-refractivity contribution is 0.0721. The molecule has 118 valence electrons. The van der Waals surface area contributed by atoms with Gasteiger partial charge < -0.3 is 14.5 Å². The van der Waals surface area contributed by atoms with Crippen LogP contribution in [-0.2, 0) is 11.2 Å². The first-order valence-corrected chi connectivity index (χ1v) is 8.70. The Morgan fingerprint density at radius 1 is 1.52 bits per heavy atom. The molecule has 0 aromatic carbocycles. The van der Waals surface area contributed by atoms with Gasteiger partial charge in [0.1, 0.15) is 0 Å². The number of carbonyl (C=O) groups excluding carboxylic acids is 1. The lowest BCUT2D eigenvalue weighted by Crippen LogP contribution is -2.48. The Morgan fingerprint density at radius 2 is 2.24 bits per heavy atom. The molecule has 1 aromatic heterocycles. The van der Waals surface area contributed by atoms with Crippen molar-refractivity contribution in [3.8, 4) is 0 Å². The first-order valence-electron chi connectivity index (χ1n) is 7.76. The number of ether oxygens (including phenoxy) is 1. The fourth-order valence-corrected chi connectivity index (χ4v) is 3.65. The van der Waals surface area contributed by atoms with Gasteiger partial charge in [0, 0.05) is 32.2 Å². The second-order valence-electron chi connectivity index (χ2n) is 5.76. The number of likely N-dealkylation sites (tertiary alicyclic amines) is 1. The molecule has 1 saturated heterocycles. The highest BCUT2D eigenvalue weighted by Crippen LogP contribution is 2.20. The van der Waals surface area contributed by atoms with E-state index in [0.29, 0.717) is 18.7 Å². The average Bonchev–Trinajstić information content (AvgIpc) is 3.00. The van der Waals surface area contributed by atoms with E-state index in [2.05, 4.69) is 28.7 Å². The number of piperidine rings is 1. The van der Waals surface area contributed by atoms with Crippen LogP contribution in [0.4, 0.5) is 4.79 Å². The second kappa shape index (κ2) is 7.80. The molecular formula is C16H26N2O2S. The van der Waals surface area contributed by atoms with Gasteiger partial charge in [-0.1, -0.05) is 0 Å². The number of thiophene rings is 1. The van der Waals surface area contributed by atoms with E-state index in [4.69, 9.17) is 4.74 Å². The Balaban J connectivity index is 1.78. The zero-order valence-corrected chi connectivity index (χ0v) is 14.1. The molecule has 1 fully saturated rings. The van der Waals surface area contributed by atoms with E-state index in [9.17, 15) is 4.79 Å². The predicted molar refractivity (Wildman–Crippen MR) is 86.9 cm³/mol. The van der Waals surface area contributed by atoms with Gasteiger partial charge in [0.15, 0.2) is 0 Å². The SMILES string of the molecule is CCOC(=O)N(C)C1CCN([C@@H](C)Cc2ccsc2)CC1. The van der Waals surface area contributed by atoms with Gasteiger partial charge >= 0.3 is 6.09 Å². The highest BCUT2D eigenvalue weighted by atomic mass is 32.1. The van der Waals surface area contributed by atoms with Crippen molar-refractivity contribution < 1.29 is 9.53 Å². The summed E-state index contributed by atoms with van der Waals surface area (Å²) in [5.74, 6) is 0. The molecule has 0 radical (unpaired) electrons. The highest BCUT2D eigenvalue weighted by molar-refractivity contribution is 7.07. The van der Waals surface area contributed by atoms with Gasteiger partial charge in [-0.3, -0.25) is 0 Å². The summed E-state index contributed by atoms with van der Waals surface area (Å²) in [4.78, 5) is 16.1. The molecule has 5 heteroatoms. The van der Waals surface area contributed by atoms with Crippen LogP contribution in [0.2, 0.25) is 0 Å². The van der Waals surface area contributed by atoms with E-state index in [1.165, 1.54) is 5.56 Å². The van der Waals surface area contributed by atoms with Crippen molar-refractivity contribution in [2.24, 2.45) is 0 Å². The van der Waals surface area contributed by atoms with Gasteiger partial charge in [0.05, 0.1) is 6.61 Å². The number of rotatable bonds is 5. The summed E-state index contributed by atoms with van der Waals surface area (Å²) in [6.45, 7) is 6.70. The third-order valence-corrected chi connectivity index (χ3v) is 5.07. The molecule has 1 aromatic rings. The molecule has 1 amide bonds. The molecule has 0 saturated carbocycles. The van der Waals surface area contributed by atoms with Crippen LogP contribution in [0.15, 0.2) is 16.8 Å². The summed E-state index contributed by atoms with van der Waals surface area (Å²) in [5, 5.41) is 4.38. The van der Waals surface area contributed by atoms with E-state index >= 15 is 0 Å². The minimum absolute atomic E-state index is 0.192. The van der Waals surface area contributed by atoms with Gasteiger partial charge in [0.2, 0.25) is 0 Å². The van der Waals surface area contributed by atoms with E-state index < -0.39 is 0 Å². The van der Waals surface area contributed by atoms with E-state index in [0.717, 1.165) is 32.4 Å². The molecule has 0 spiro atoms. The van der Waals surface area contributed by atoms with Gasteiger partial charge in [-0.2, -0.15) is 11.3 Å². The minimum Gasteiger partial charge on any atom is -0.450 e. The van der Waals surface area contributed by atoms with Crippen molar-refractivity contribution in [1.82, 2.24) is 9.80 Å². The summed E-state index contributed by atoms with van der Waals surface area (Å²) in [6.07, 6.45) is 2.98. The second-order valence-corrected chi connectivity index (χ2v) is 6.54. The van der Waals surface area contributed by atoms with Crippen LogP contribution in [0.3, 0.4) is 0 Å². The van der Waals surface area contributed by atoms with Crippen LogP contribution in [0.25, 0.3) is 0 Å². The summed E-state index contributed by atoms with van der Waals surface area (Å²) in [7, 11) is 1.85. The van der Waals surface area contributed by atoms with Crippen LogP contribution < -0.4 is 0 Å². The molecule has 0 aliphatic carbocycles. The van der Waals surface area contributed by atoms with E-state index in [1.54, 1.807) is 16.2 Å². The zero-order chi connectivity index (χ0) is 15.2. The minimum atomic E-state index is -0.192. The number of amides is 1. The summed E-state index contributed by atoms with van der Waals surface area (Å²) in [6, 6.07) is 3.09.